The molecule has 1 fully saturated rings. The summed E-state index contributed by atoms with van der Waals surface area (Å²) in [7, 11) is 0. The van der Waals surface area contributed by atoms with Crippen LogP contribution < -0.4 is 0 Å². The van der Waals surface area contributed by atoms with Gasteiger partial charge in [-0.2, -0.15) is 0 Å². The highest BCUT2D eigenvalue weighted by Crippen LogP contribution is 2.43. The number of ether oxygens (including phenoxy) is 2. The highest BCUT2D eigenvalue weighted by molar-refractivity contribution is 14.1. The van der Waals surface area contributed by atoms with E-state index >= 15 is 0 Å². The van der Waals surface area contributed by atoms with Crippen molar-refractivity contribution in [3.8, 4) is 0 Å². The third kappa shape index (κ3) is 4.17. The monoisotopic (exact) mass is 374 g/mol. The quantitative estimate of drug-likeness (QED) is 0.405. The Morgan fingerprint density at radius 2 is 2.00 bits per heavy atom. The molecule has 1 saturated heterocycles. The molecular formula is C16H23IO2. The van der Waals surface area contributed by atoms with E-state index in [1.54, 1.807) is 0 Å². The summed E-state index contributed by atoms with van der Waals surface area (Å²) in [6.07, 6.45) is 1.74. The van der Waals surface area contributed by atoms with E-state index in [0.717, 1.165) is 10.8 Å². The summed E-state index contributed by atoms with van der Waals surface area (Å²) in [5.41, 5.74) is 1.35. The average molecular weight is 374 g/mol. The van der Waals surface area contributed by atoms with Crippen LogP contribution in [0.5, 0.6) is 0 Å². The summed E-state index contributed by atoms with van der Waals surface area (Å²) >= 11 is 2.41. The van der Waals surface area contributed by atoms with Gasteiger partial charge in [-0.05, 0) is 31.7 Å². The van der Waals surface area contributed by atoms with Crippen LogP contribution in [0.15, 0.2) is 30.3 Å². The predicted octanol–water partition coefficient (Wildman–Crippen LogP) is 4.21. The third-order valence-electron chi connectivity index (χ3n) is 3.80. The predicted molar refractivity (Wildman–Crippen MR) is 86.6 cm³/mol. The largest absolute Gasteiger partial charge is 0.374 e. The molecule has 1 aromatic carbocycles. The van der Waals surface area contributed by atoms with Crippen molar-refractivity contribution < 1.29 is 9.47 Å². The van der Waals surface area contributed by atoms with Gasteiger partial charge in [-0.1, -0.05) is 59.8 Å². The Bertz CT molecular complexity index is 395. The van der Waals surface area contributed by atoms with Crippen LogP contribution in [0.4, 0.5) is 0 Å². The zero-order valence-corrected chi connectivity index (χ0v) is 14.1. The first kappa shape index (κ1) is 15.3. The van der Waals surface area contributed by atoms with Crippen LogP contribution >= 0.6 is 22.6 Å². The van der Waals surface area contributed by atoms with Gasteiger partial charge in [-0.25, -0.2) is 0 Å². The standard InChI is InChI=1S/C16H23IO2/c1-12(15-16(3,11-17)19-15)9-13(2)18-10-14-7-5-4-6-8-14/h4-8,12-13,15H,9-11H2,1-3H3/t12-,13+,15-,16-/m1/s1. The van der Waals surface area contributed by atoms with E-state index in [9.17, 15) is 0 Å². The highest BCUT2D eigenvalue weighted by Gasteiger charge is 2.53. The maximum Gasteiger partial charge on any atom is 0.101 e. The smallest absolute Gasteiger partial charge is 0.101 e. The molecule has 1 aliphatic heterocycles. The summed E-state index contributed by atoms with van der Waals surface area (Å²) in [5, 5.41) is 0. The molecule has 2 rings (SSSR count). The Morgan fingerprint density at radius 3 is 2.58 bits per heavy atom. The lowest BCUT2D eigenvalue weighted by molar-refractivity contribution is 0.0354. The van der Waals surface area contributed by atoms with E-state index in [-0.39, 0.29) is 11.7 Å². The van der Waals surface area contributed by atoms with Gasteiger partial charge in [-0.15, -0.1) is 0 Å². The molecule has 19 heavy (non-hydrogen) atoms. The molecule has 1 aliphatic rings. The van der Waals surface area contributed by atoms with Crippen molar-refractivity contribution in [1.82, 2.24) is 0 Å². The molecule has 0 saturated carbocycles. The Morgan fingerprint density at radius 1 is 1.32 bits per heavy atom. The number of alkyl halides is 1. The van der Waals surface area contributed by atoms with Gasteiger partial charge in [0.05, 0.1) is 18.8 Å². The van der Waals surface area contributed by atoms with E-state index in [4.69, 9.17) is 9.47 Å². The summed E-state index contributed by atoms with van der Waals surface area (Å²) in [6, 6.07) is 10.3. The van der Waals surface area contributed by atoms with Crippen molar-refractivity contribution in [3.05, 3.63) is 35.9 Å². The van der Waals surface area contributed by atoms with Crippen LogP contribution in [0.25, 0.3) is 0 Å². The average Bonchev–Trinajstić information content (AvgIpc) is 3.11. The number of hydrogen-bond donors (Lipinski definition) is 0. The first-order valence-corrected chi connectivity index (χ1v) is 8.47. The Labute approximate surface area is 130 Å². The fourth-order valence-corrected chi connectivity index (χ4v) is 3.22. The summed E-state index contributed by atoms with van der Waals surface area (Å²) in [5.74, 6) is 0.561. The lowest BCUT2D eigenvalue weighted by Gasteiger charge is -2.17. The molecule has 0 radical (unpaired) electrons. The number of rotatable bonds is 7. The van der Waals surface area contributed by atoms with Crippen molar-refractivity contribution in [1.29, 1.82) is 0 Å². The Balaban J connectivity index is 1.71. The van der Waals surface area contributed by atoms with Crippen LogP contribution in [0.3, 0.4) is 0 Å². The molecule has 4 atom stereocenters. The van der Waals surface area contributed by atoms with Crippen molar-refractivity contribution in [3.63, 3.8) is 0 Å². The molecule has 106 valence electrons. The molecule has 1 heterocycles. The molecule has 1 aromatic rings. The van der Waals surface area contributed by atoms with Crippen molar-refractivity contribution in [2.45, 2.75) is 51.6 Å². The molecular weight excluding hydrogens is 351 g/mol. The zero-order valence-electron chi connectivity index (χ0n) is 11.9. The Kier molecular flexibility index (Phi) is 5.26. The second kappa shape index (κ2) is 6.55. The van der Waals surface area contributed by atoms with E-state index in [1.165, 1.54) is 5.56 Å². The van der Waals surface area contributed by atoms with Gasteiger partial charge in [0.1, 0.15) is 5.60 Å². The van der Waals surface area contributed by atoms with Crippen molar-refractivity contribution >= 4 is 22.6 Å². The minimum atomic E-state index is 0.110. The third-order valence-corrected chi connectivity index (χ3v) is 5.32. The van der Waals surface area contributed by atoms with Gasteiger partial charge in [0, 0.05) is 4.43 Å². The van der Waals surface area contributed by atoms with Gasteiger partial charge < -0.3 is 9.47 Å². The van der Waals surface area contributed by atoms with Gasteiger partial charge >= 0.3 is 0 Å². The van der Waals surface area contributed by atoms with Crippen molar-refractivity contribution in [2.24, 2.45) is 5.92 Å². The van der Waals surface area contributed by atoms with Crippen LogP contribution in [-0.2, 0) is 16.1 Å². The van der Waals surface area contributed by atoms with Crippen LogP contribution in [0, 0.1) is 5.92 Å². The fourth-order valence-electron chi connectivity index (χ4n) is 2.61. The van der Waals surface area contributed by atoms with Gasteiger partial charge in [0.15, 0.2) is 0 Å². The summed E-state index contributed by atoms with van der Waals surface area (Å²) < 4.78 is 12.8. The number of hydrogen-bond acceptors (Lipinski definition) is 2. The molecule has 0 amide bonds. The molecule has 0 spiro atoms. The molecule has 3 heteroatoms. The lowest BCUT2D eigenvalue weighted by Crippen LogP contribution is -2.21. The second-order valence-electron chi connectivity index (χ2n) is 5.80. The zero-order chi connectivity index (χ0) is 13.9. The number of halogens is 1. The van der Waals surface area contributed by atoms with E-state index in [2.05, 4.69) is 67.6 Å². The van der Waals surface area contributed by atoms with Crippen LogP contribution in [-0.4, -0.2) is 22.2 Å². The maximum atomic E-state index is 5.92. The SMILES string of the molecule is C[C@H](C[C@H](C)OCc1ccccc1)[C@H]1O[C@]1(C)CI. The fraction of sp³-hybridized carbons (Fsp3) is 0.625. The molecule has 0 unspecified atom stereocenters. The molecule has 0 bridgehead atoms. The van der Waals surface area contributed by atoms with Gasteiger partial charge in [0.2, 0.25) is 0 Å². The molecule has 0 N–H and O–H groups in total. The summed E-state index contributed by atoms with van der Waals surface area (Å²) in [4.78, 5) is 0. The van der Waals surface area contributed by atoms with Gasteiger partial charge in [-0.3, -0.25) is 0 Å². The Hall–Kier alpha value is -0.130. The van der Waals surface area contributed by atoms with Crippen LogP contribution in [0.1, 0.15) is 32.8 Å². The van der Waals surface area contributed by atoms with E-state index in [1.807, 2.05) is 6.07 Å². The van der Waals surface area contributed by atoms with Crippen molar-refractivity contribution in [2.75, 3.05) is 4.43 Å². The topological polar surface area (TPSA) is 21.8 Å². The lowest BCUT2D eigenvalue weighted by atomic mass is 9.94. The van der Waals surface area contributed by atoms with Gasteiger partial charge in [0.25, 0.3) is 0 Å². The number of benzene rings is 1. The molecule has 0 aliphatic carbocycles. The highest BCUT2D eigenvalue weighted by atomic mass is 127. The van der Waals surface area contributed by atoms with Crippen LogP contribution in [0.2, 0.25) is 0 Å². The number of epoxide rings is 1. The molecule has 2 nitrogen and oxygen atoms in total. The molecule has 0 aromatic heterocycles. The normalized spacial score (nSPS) is 28.9. The second-order valence-corrected chi connectivity index (χ2v) is 6.57. The summed E-state index contributed by atoms with van der Waals surface area (Å²) in [6.45, 7) is 7.33. The maximum absolute atomic E-state index is 5.92. The van der Waals surface area contributed by atoms with E-state index < -0.39 is 0 Å². The minimum Gasteiger partial charge on any atom is -0.374 e. The van der Waals surface area contributed by atoms with E-state index in [0.29, 0.717) is 18.6 Å². The minimum absolute atomic E-state index is 0.110. The first-order valence-electron chi connectivity index (χ1n) is 6.94. The first-order chi connectivity index (χ1) is 9.05.